The lowest BCUT2D eigenvalue weighted by Crippen LogP contribution is -1.94. The Balaban J connectivity index is 1.41. The summed E-state index contributed by atoms with van der Waals surface area (Å²) in [5.41, 5.74) is -7.74. The molecule has 10 rings (SSSR count). The van der Waals surface area contributed by atoms with Gasteiger partial charge in [0, 0.05) is 18.9 Å². The lowest BCUT2D eigenvalue weighted by Gasteiger charge is -2.20. The Bertz CT molecular complexity index is 4380. The first-order valence-electron chi connectivity index (χ1n) is 29.7. The van der Waals surface area contributed by atoms with E-state index >= 15 is 0 Å². The zero-order valence-corrected chi connectivity index (χ0v) is 24.6. The van der Waals surface area contributed by atoms with Crippen LogP contribution in [0, 0.1) is 0 Å². The van der Waals surface area contributed by atoms with Crippen LogP contribution in [0.25, 0.3) is 93.2 Å². The second kappa shape index (κ2) is 11.2. The van der Waals surface area contributed by atoms with Crippen LogP contribution >= 0.6 is 0 Å². The molecule has 0 amide bonds. The van der Waals surface area contributed by atoms with Crippen LogP contribution in [0.15, 0.2) is 174 Å². The quantitative estimate of drug-likeness (QED) is 0.172. The van der Waals surface area contributed by atoms with Gasteiger partial charge in [-0.15, -0.1) is 0 Å². The van der Waals surface area contributed by atoms with Gasteiger partial charge in [-0.2, -0.15) is 0 Å². The highest BCUT2D eigenvalue weighted by Crippen LogP contribution is 2.46. The summed E-state index contributed by atoms with van der Waals surface area (Å²) in [6.45, 7) is 0. The average molecular weight is 655 g/mol. The van der Waals surface area contributed by atoms with Crippen molar-refractivity contribution >= 4 is 59.8 Å². The molecule has 0 aliphatic heterocycles. The minimum atomic E-state index is -1.93. The molecular formula is C48H32O. The molecule has 0 spiro atoms. The van der Waals surface area contributed by atoms with Crippen LogP contribution in [-0.2, 0) is 0 Å². The van der Waals surface area contributed by atoms with Gasteiger partial charge < -0.3 is 4.42 Å². The summed E-state index contributed by atoms with van der Waals surface area (Å²) in [4.78, 5) is 0. The molecule has 9 aromatic rings. The van der Waals surface area contributed by atoms with Gasteiger partial charge in [-0.25, -0.2) is 0 Å². The van der Waals surface area contributed by atoms with Crippen molar-refractivity contribution in [1.82, 2.24) is 0 Å². The van der Waals surface area contributed by atoms with Crippen LogP contribution in [0.3, 0.4) is 0 Å². The second-order valence-corrected chi connectivity index (χ2v) is 10.6. The normalized spacial score (nSPS) is 25.4. The molecule has 1 nitrogen and oxygen atoms in total. The van der Waals surface area contributed by atoms with Gasteiger partial charge in [0.05, 0.1) is 38.4 Å². The van der Waals surface area contributed by atoms with Crippen molar-refractivity contribution in [2.24, 2.45) is 0 Å². The third kappa shape index (κ3) is 4.47. The molecule has 0 saturated heterocycles. The van der Waals surface area contributed by atoms with Crippen LogP contribution < -0.4 is 0 Å². The summed E-state index contributed by atoms with van der Waals surface area (Å²) in [5.74, 6) is 0. The van der Waals surface area contributed by atoms with Crippen molar-refractivity contribution in [3.05, 3.63) is 175 Å². The van der Waals surface area contributed by atoms with E-state index in [0.29, 0.717) is 0 Å². The van der Waals surface area contributed by atoms with Crippen molar-refractivity contribution in [2.45, 2.75) is 12.8 Å². The van der Waals surface area contributed by atoms with E-state index in [1.54, 1.807) is 0 Å². The number of allylic oxidation sites excluding steroid dienone is 4. The zero-order valence-electron chi connectivity index (χ0n) is 54.6. The van der Waals surface area contributed by atoms with E-state index in [4.69, 9.17) is 30.5 Å². The van der Waals surface area contributed by atoms with Gasteiger partial charge in [0.2, 0.25) is 0 Å². The van der Waals surface area contributed by atoms with Gasteiger partial charge in [0.1, 0.15) is 11.2 Å². The Morgan fingerprint density at radius 1 is 0.469 bits per heavy atom. The number of hydrogen-bond donors (Lipinski definition) is 0. The van der Waals surface area contributed by atoms with E-state index < -0.39 is 281 Å². The Labute approximate surface area is 327 Å². The van der Waals surface area contributed by atoms with Crippen LogP contribution in [0.1, 0.15) is 59.5 Å². The van der Waals surface area contributed by atoms with Gasteiger partial charge in [0.15, 0.2) is 0 Å². The molecule has 1 aromatic heterocycles. The first kappa shape index (κ1) is 11.2. The molecule has 0 fully saturated rings. The molecule has 1 aliphatic rings. The first-order valence-corrected chi connectivity index (χ1v) is 14.6. The molecule has 230 valence electrons. The fourth-order valence-corrected chi connectivity index (χ4v) is 5.86. The molecular weight excluding hydrogens is 593 g/mol. The minimum Gasteiger partial charge on any atom is -0.455 e. The number of benzene rings is 8. The van der Waals surface area contributed by atoms with E-state index in [9.17, 15) is 15.1 Å². The van der Waals surface area contributed by atoms with E-state index in [0.717, 1.165) is 0 Å². The largest absolute Gasteiger partial charge is 0.455 e. The molecule has 2 atom stereocenters. The topological polar surface area (TPSA) is 13.1 Å². The van der Waals surface area contributed by atoms with E-state index in [2.05, 4.69) is 0 Å². The number of rotatable bonds is 4. The third-order valence-electron chi connectivity index (χ3n) is 7.97. The van der Waals surface area contributed by atoms with Crippen molar-refractivity contribution in [2.75, 3.05) is 0 Å². The molecule has 0 saturated carbocycles. The number of furan rings is 1. The van der Waals surface area contributed by atoms with Crippen LogP contribution in [0.5, 0.6) is 0 Å². The molecule has 8 aromatic carbocycles. The van der Waals surface area contributed by atoms with Gasteiger partial charge in [0.25, 0.3) is 0 Å². The van der Waals surface area contributed by atoms with Gasteiger partial charge in [-0.05, 0) is 102 Å². The van der Waals surface area contributed by atoms with Crippen LogP contribution in [0.2, 0.25) is 0 Å². The highest BCUT2D eigenvalue weighted by atomic mass is 16.3. The minimum absolute atomic E-state index is 0.403. The van der Waals surface area contributed by atoms with Gasteiger partial charge in [-0.1, -0.05) is 151 Å². The maximum Gasteiger partial charge on any atom is 0.143 e. The molecule has 1 heterocycles. The van der Waals surface area contributed by atoms with Crippen molar-refractivity contribution in [3.8, 4) is 33.4 Å². The smallest absolute Gasteiger partial charge is 0.143 e. The Morgan fingerprint density at radius 3 is 1.84 bits per heavy atom. The molecule has 1 aliphatic carbocycles. The molecule has 0 bridgehead atoms. The molecule has 0 N–H and O–H groups in total. The predicted octanol–water partition coefficient (Wildman–Crippen LogP) is 13.8. The maximum absolute atomic E-state index is 9.65. The first-order chi connectivity index (χ1) is 36.8. The summed E-state index contributed by atoms with van der Waals surface area (Å²) in [5, 5.41) is -5.03. The van der Waals surface area contributed by atoms with Gasteiger partial charge >= 0.3 is 0 Å². The lowest BCUT2D eigenvalue weighted by molar-refractivity contribution is 0.672. The predicted molar refractivity (Wildman–Crippen MR) is 209 cm³/mol. The van der Waals surface area contributed by atoms with E-state index in [-0.39, 0.29) is 0 Å². The fourth-order valence-electron chi connectivity index (χ4n) is 5.86. The highest BCUT2D eigenvalue weighted by molar-refractivity contribution is 6.22. The third-order valence-corrected chi connectivity index (χ3v) is 7.97. The second-order valence-electron chi connectivity index (χ2n) is 10.6. The molecule has 2 unspecified atom stereocenters. The van der Waals surface area contributed by atoms with Crippen molar-refractivity contribution < 1.29 is 45.5 Å². The van der Waals surface area contributed by atoms with E-state index in [1.807, 2.05) is 0 Å². The highest BCUT2D eigenvalue weighted by Gasteiger charge is 2.19. The van der Waals surface area contributed by atoms with Crippen molar-refractivity contribution in [3.63, 3.8) is 0 Å². The van der Waals surface area contributed by atoms with Crippen LogP contribution in [-0.4, -0.2) is 0 Å². The Hall–Kier alpha value is -6.18. The lowest BCUT2D eigenvalue weighted by atomic mass is 9.83. The Morgan fingerprint density at radius 2 is 1.08 bits per heavy atom. The molecule has 1 heteroatoms. The SMILES string of the molecule is [2H]C1=C([2H])C([2H])C([2H])C([2H])=C1c1c([2H])c([2H])c([2H])c([2H])c1-c1c2c([2H])c([2H])c([2H])c([2H])c2c(-c2c([2H])c([2H])c(-c3c([2H])c([2H])c4oc5c6c([2H])c([2H])c([2H])c([2H])c6c([2H])c([2H])c5c4c3[2H])c([2H])c2[2H])c2c([2H])c([2H])c([2H])c([2H])c12. The maximum atomic E-state index is 9.65. The van der Waals surface area contributed by atoms with Crippen molar-refractivity contribution in [1.29, 1.82) is 0 Å². The summed E-state index contributed by atoms with van der Waals surface area (Å²) in [6.07, 6.45) is -3.75. The summed E-state index contributed by atoms with van der Waals surface area (Å²) < 4.78 is 276. The van der Waals surface area contributed by atoms with Gasteiger partial charge in [-0.3, -0.25) is 0 Å². The average Bonchev–Trinajstić information content (AvgIpc) is 3.83. The summed E-state index contributed by atoms with van der Waals surface area (Å²) in [7, 11) is 0. The Kier molecular flexibility index (Phi) is 2.56. The molecule has 49 heavy (non-hydrogen) atoms. The summed E-state index contributed by atoms with van der Waals surface area (Å²) >= 11 is 0. The number of fused-ring (bicyclic) bond motifs is 7. The van der Waals surface area contributed by atoms with Crippen LogP contribution in [0.4, 0.5) is 0 Å². The zero-order chi connectivity index (χ0) is 58.4. The summed E-state index contributed by atoms with van der Waals surface area (Å²) in [6, 6.07) is -26.9. The molecule has 0 radical (unpaired) electrons. The monoisotopic (exact) mass is 654 g/mol. The van der Waals surface area contributed by atoms with E-state index in [1.165, 1.54) is 0 Å². The fraction of sp³-hybridized carbons (Fsp3) is 0.0417. The standard InChI is InChI=1S/C48H32O/c1-2-12-32(13-3-1)36-15-6-7-17-38(36)47-41-20-10-8-18-39(41)46(40-19-9-11-21-42(40)47)34-24-22-31(23-25-34)35-27-29-45-44(30-35)43-28-26-33-14-4-5-16-37(33)48(43)49-45/h2,4-30H,1,3H2/i1D,2D,3D,4D,5D,6D,7D,8D,9D,10D,11D,12D,13D,14D,15D,16D,17D,18D,19D,20D,21D,22D,23D,24D,25D,26D,27D,28D,29D,30D. The number of hydrogen-bond acceptors (Lipinski definition) is 1.